The molecule has 0 radical (unpaired) electrons. The van der Waals surface area contributed by atoms with E-state index in [0.29, 0.717) is 47.7 Å². The number of aryl methyl sites for hydroxylation is 1. The summed E-state index contributed by atoms with van der Waals surface area (Å²) in [5, 5.41) is 3.57. The monoisotopic (exact) mass is 434 g/mol. The van der Waals surface area contributed by atoms with Crippen molar-refractivity contribution < 1.29 is 9.53 Å². The van der Waals surface area contributed by atoms with E-state index in [9.17, 15) is 9.59 Å². The number of pyridine rings is 1. The summed E-state index contributed by atoms with van der Waals surface area (Å²) in [5.41, 5.74) is 1.90. The van der Waals surface area contributed by atoms with E-state index in [4.69, 9.17) is 9.72 Å². The van der Waals surface area contributed by atoms with Crippen LogP contribution in [0.15, 0.2) is 40.6 Å². The van der Waals surface area contributed by atoms with Gasteiger partial charge in [0, 0.05) is 25.6 Å². The maximum atomic E-state index is 12.9. The quantitative estimate of drug-likeness (QED) is 0.526. The number of aromatic nitrogens is 3. The maximum absolute atomic E-state index is 12.9. The maximum Gasteiger partial charge on any atom is 0.259 e. The van der Waals surface area contributed by atoms with Crippen molar-refractivity contribution in [3.05, 3.63) is 51.8 Å². The van der Waals surface area contributed by atoms with Gasteiger partial charge in [-0.1, -0.05) is 6.92 Å². The Labute approximate surface area is 182 Å². The Morgan fingerprint density at radius 2 is 2.23 bits per heavy atom. The summed E-state index contributed by atoms with van der Waals surface area (Å²) in [6.45, 7) is 5.07. The van der Waals surface area contributed by atoms with Gasteiger partial charge in [-0.3, -0.25) is 14.6 Å². The summed E-state index contributed by atoms with van der Waals surface area (Å²) in [4.78, 5) is 38.6. The summed E-state index contributed by atoms with van der Waals surface area (Å²) in [7, 11) is 0. The smallest absolute Gasteiger partial charge is 0.259 e. The van der Waals surface area contributed by atoms with Crippen LogP contribution < -0.4 is 10.3 Å². The normalized spacial score (nSPS) is 16.3. The van der Waals surface area contributed by atoms with Gasteiger partial charge in [0.05, 0.1) is 22.1 Å². The molecule has 0 aliphatic carbocycles. The van der Waals surface area contributed by atoms with E-state index >= 15 is 0 Å². The first-order chi connectivity index (χ1) is 15.0. The zero-order valence-corrected chi connectivity index (χ0v) is 18.2. The highest BCUT2D eigenvalue weighted by Gasteiger charge is 2.27. The molecule has 1 atom stereocenters. The minimum atomic E-state index is -0.227. The summed E-state index contributed by atoms with van der Waals surface area (Å²) in [6.07, 6.45) is 3.02. The number of likely N-dealkylation sites (tertiary alicyclic amines) is 1. The van der Waals surface area contributed by atoms with Crippen LogP contribution in [0.25, 0.3) is 32.5 Å². The molecular formula is C23H22N4O3S. The molecule has 0 bridgehead atoms. The second-order valence-corrected chi connectivity index (χ2v) is 8.75. The van der Waals surface area contributed by atoms with E-state index in [1.165, 1.54) is 0 Å². The highest BCUT2D eigenvalue weighted by molar-refractivity contribution is 7.17. The number of nitrogens with zero attached hydrogens (tertiary/aromatic N) is 3. The van der Waals surface area contributed by atoms with Gasteiger partial charge in [-0.2, -0.15) is 0 Å². The molecular weight excluding hydrogens is 412 g/mol. The van der Waals surface area contributed by atoms with Crippen LogP contribution in [0, 0.1) is 6.92 Å². The summed E-state index contributed by atoms with van der Waals surface area (Å²) >= 11 is 1.63. The number of carbonyl (C=O) groups is 1. The van der Waals surface area contributed by atoms with Gasteiger partial charge in [-0.25, -0.2) is 4.98 Å². The number of nitrogens with one attached hydrogen (secondary N) is 1. The number of hydrogen-bond acceptors (Lipinski definition) is 6. The van der Waals surface area contributed by atoms with E-state index in [0.717, 1.165) is 22.1 Å². The van der Waals surface area contributed by atoms with Crippen LogP contribution in [0.1, 0.15) is 25.3 Å². The van der Waals surface area contributed by atoms with Crippen LogP contribution in [0.2, 0.25) is 0 Å². The predicted molar refractivity (Wildman–Crippen MR) is 122 cm³/mol. The van der Waals surface area contributed by atoms with E-state index in [-0.39, 0.29) is 17.6 Å². The van der Waals surface area contributed by atoms with Crippen molar-refractivity contribution in [1.29, 1.82) is 0 Å². The Hall–Kier alpha value is -3.26. The Morgan fingerprint density at radius 3 is 3.06 bits per heavy atom. The summed E-state index contributed by atoms with van der Waals surface area (Å²) in [5.74, 6) is 1.22. The lowest BCUT2D eigenvalue weighted by molar-refractivity contribution is -0.130. The average molecular weight is 435 g/mol. The molecule has 1 aromatic carbocycles. The zero-order chi connectivity index (χ0) is 21.5. The lowest BCUT2D eigenvalue weighted by Crippen LogP contribution is -2.30. The number of aromatic amines is 1. The van der Waals surface area contributed by atoms with Gasteiger partial charge in [0.15, 0.2) is 5.82 Å². The van der Waals surface area contributed by atoms with Crippen molar-refractivity contribution in [3.8, 4) is 17.3 Å². The number of thiophene rings is 1. The second kappa shape index (κ2) is 7.77. The van der Waals surface area contributed by atoms with Crippen LogP contribution in [-0.4, -0.2) is 45.0 Å². The summed E-state index contributed by atoms with van der Waals surface area (Å²) < 4.78 is 7.21. The number of rotatable bonds is 4. The Bertz CT molecular complexity index is 1360. The lowest BCUT2D eigenvalue weighted by Gasteiger charge is -2.17. The van der Waals surface area contributed by atoms with Gasteiger partial charge in [0.25, 0.3) is 5.56 Å². The number of H-pyrrole nitrogens is 1. The fourth-order valence-electron chi connectivity index (χ4n) is 4.04. The van der Waals surface area contributed by atoms with Crippen molar-refractivity contribution in [3.63, 3.8) is 0 Å². The van der Waals surface area contributed by atoms with Gasteiger partial charge in [-0.15, -0.1) is 11.3 Å². The molecule has 7 nitrogen and oxygen atoms in total. The van der Waals surface area contributed by atoms with Crippen LogP contribution in [0.4, 0.5) is 0 Å². The molecule has 1 aliphatic heterocycles. The number of benzene rings is 1. The van der Waals surface area contributed by atoms with E-state index in [1.54, 1.807) is 23.6 Å². The van der Waals surface area contributed by atoms with E-state index < -0.39 is 0 Å². The first-order valence-electron chi connectivity index (χ1n) is 10.3. The zero-order valence-electron chi connectivity index (χ0n) is 17.3. The third-order valence-electron chi connectivity index (χ3n) is 5.66. The van der Waals surface area contributed by atoms with Crippen molar-refractivity contribution in [2.45, 2.75) is 32.8 Å². The minimum absolute atomic E-state index is 0.0693. The molecule has 1 amide bonds. The number of fused-ring (bicyclic) bond motifs is 2. The van der Waals surface area contributed by atoms with Crippen molar-refractivity contribution in [2.75, 3.05) is 13.1 Å². The minimum Gasteiger partial charge on any atom is -0.488 e. The second-order valence-electron chi connectivity index (χ2n) is 7.80. The SMILES string of the molecule is CCC(=O)N1CC[C@H](Oc2cc(C)c3nc(-c4cc5ccsc5cn4)[nH]c(=O)c3c2)C1. The molecule has 4 aromatic rings. The van der Waals surface area contributed by atoms with Crippen molar-refractivity contribution in [2.24, 2.45) is 0 Å². The van der Waals surface area contributed by atoms with Gasteiger partial charge >= 0.3 is 0 Å². The fourth-order valence-corrected chi connectivity index (χ4v) is 4.77. The Morgan fingerprint density at radius 1 is 1.35 bits per heavy atom. The molecule has 31 heavy (non-hydrogen) atoms. The Balaban J connectivity index is 1.46. The van der Waals surface area contributed by atoms with Gasteiger partial charge in [0.1, 0.15) is 17.5 Å². The van der Waals surface area contributed by atoms with E-state index in [1.807, 2.05) is 42.3 Å². The number of carbonyl (C=O) groups excluding carboxylic acids is 1. The van der Waals surface area contributed by atoms with Gasteiger partial charge in [0.2, 0.25) is 5.91 Å². The molecule has 3 aromatic heterocycles. The van der Waals surface area contributed by atoms with Crippen LogP contribution in [-0.2, 0) is 4.79 Å². The first-order valence-corrected chi connectivity index (χ1v) is 11.2. The Kier molecular flexibility index (Phi) is 4.94. The lowest BCUT2D eigenvalue weighted by atomic mass is 10.1. The molecule has 0 saturated carbocycles. The van der Waals surface area contributed by atoms with Crippen molar-refractivity contribution >= 4 is 38.2 Å². The number of ether oxygens (including phenoxy) is 1. The molecule has 1 aliphatic rings. The molecule has 1 saturated heterocycles. The highest BCUT2D eigenvalue weighted by Crippen LogP contribution is 2.27. The molecule has 8 heteroatoms. The van der Waals surface area contributed by atoms with Gasteiger partial charge in [-0.05, 0) is 47.5 Å². The highest BCUT2D eigenvalue weighted by atomic mass is 32.1. The molecule has 4 heterocycles. The third kappa shape index (κ3) is 3.67. The topological polar surface area (TPSA) is 88.2 Å². The standard InChI is InChI=1S/C23H22N4O3S/c1-3-20(28)27-6-4-15(12-27)30-16-8-13(2)21-17(10-16)23(29)26-22(25-21)18-9-14-5-7-31-19(14)11-24-18/h5,7-11,15H,3-4,6,12H2,1-2H3,(H,25,26,29)/t15-/m0/s1. The average Bonchev–Trinajstić information content (AvgIpc) is 3.42. The number of amides is 1. The van der Waals surface area contributed by atoms with Gasteiger partial charge < -0.3 is 14.6 Å². The van der Waals surface area contributed by atoms with Crippen LogP contribution in [0.3, 0.4) is 0 Å². The third-order valence-corrected chi connectivity index (χ3v) is 6.53. The number of hydrogen-bond donors (Lipinski definition) is 1. The van der Waals surface area contributed by atoms with E-state index in [2.05, 4.69) is 9.97 Å². The molecule has 0 unspecified atom stereocenters. The molecule has 1 fully saturated rings. The van der Waals surface area contributed by atoms with Crippen LogP contribution >= 0.6 is 11.3 Å². The summed E-state index contributed by atoms with van der Waals surface area (Å²) in [6, 6.07) is 7.60. The molecule has 1 N–H and O–H groups in total. The molecule has 5 rings (SSSR count). The fraction of sp³-hybridized carbons (Fsp3) is 0.304. The molecule has 0 spiro atoms. The molecule has 158 valence electrons. The van der Waals surface area contributed by atoms with Crippen LogP contribution in [0.5, 0.6) is 5.75 Å². The largest absolute Gasteiger partial charge is 0.488 e. The first kappa shape index (κ1) is 19.7. The predicted octanol–water partition coefficient (Wildman–Crippen LogP) is 3.90. The van der Waals surface area contributed by atoms with Crippen molar-refractivity contribution in [1.82, 2.24) is 19.9 Å².